The van der Waals surface area contributed by atoms with E-state index >= 15 is 0 Å². The van der Waals surface area contributed by atoms with Crippen molar-refractivity contribution in [3.8, 4) is 0 Å². The minimum atomic E-state index is -2.55. The molecule has 0 bridgehead atoms. The second kappa shape index (κ2) is 20.0. The lowest BCUT2D eigenvalue weighted by atomic mass is 9.73. The molecule has 2 aliphatic carbocycles. The van der Waals surface area contributed by atoms with Gasteiger partial charge in [-0.05, 0) is 93.0 Å². The number of hydrogen-bond donors (Lipinski definition) is 2. The standard InChI is InChI=1S/C18H26N2O2.C17H24F2N2.C6H14/c1-13-18(7-2-8-18)22-10-9-20(13)16-11-15(12-19-17(16)21)6-5-14-3-4-14;1-6-12(4)16(17(18)19)21-15(10-13(5)11(2)3)14-8-7-9-20-14;1-3-5-6-4-2/h11-14H,2-10H2,1H3,(H,19,21);7-12,17,20H,5-6H2,1-4H3;3-6H2,1-2H3/b;15-10-,21-16?;. The zero-order chi connectivity index (χ0) is 36.0. The van der Waals surface area contributed by atoms with Gasteiger partial charge in [0.25, 0.3) is 12.0 Å². The number of rotatable bonds is 14. The van der Waals surface area contributed by atoms with Crippen LogP contribution in [0.2, 0.25) is 0 Å². The third kappa shape index (κ3) is 12.1. The van der Waals surface area contributed by atoms with Crippen molar-refractivity contribution in [2.45, 2.75) is 144 Å². The van der Waals surface area contributed by atoms with Gasteiger partial charge >= 0.3 is 0 Å². The molecule has 5 rings (SSSR count). The lowest BCUT2D eigenvalue weighted by Gasteiger charge is -2.53. The molecular weight excluding hydrogens is 618 g/mol. The Kier molecular flexibility index (Phi) is 16.5. The Morgan fingerprint density at radius 3 is 2.35 bits per heavy atom. The van der Waals surface area contributed by atoms with E-state index < -0.39 is 6.43 Å². The maximum atomic E-state index is 13.2. The molecule has 49 heavy (non-hydrogen) atoms. The van der Waals surface area contributed by atoms with E-state index in [-0.39, 0.29) is 34.7 Å². The van der Waals surface area contributed by atoms with Crippen LogP contribution in [0.3, 0.4) is 0 Å². The summed E-state index contributed by atoms with van der Waals surface area (Å²) in [6, 6.07) is 6.05. The third-order valence-electron chi connectivity index (χ3n) is 10.4. The van der Waals surface area contributed by atoms with Crippen LogP contribution in [0.15, 0.2) is 58.6 Å². The first-order valence-corrected chi connectivity index (χ1v) is 19.0. The van der Waals surface area contributed by atoms with Crippen molar-refractivity contribution in [2.24, 2.45) is 22.7 Å². The molecule has 2 N–H and O–H groups in total. The van der Waals surface area contributed by atoms with Gasteiger partial charge in [-0.1, -0.05) is 92.2 Å². The number of allylic oxidation sites excluding steroid dienone is 2. The fraction of sp³-hybridized carbons (Fsp3) is 0.659. The summed E-state index contributed by atoms with van der Waals surface area (Å²) < 4.78 is 32.6. The van der Waals surface area contributed by atoms with E-state index in [0.717, 1.165) is 55.3 Å². The van der Waals surface area contributed by atoms with Crippen LogP contribution in [-0.2, 0) is 11.2 Å². The maximum Gasteiger partial charge on any atom is 0.276 e. The van der Waals surface area contributed by atoms with E-state index in [9.17, 15) is 13.6 Å². The molecular formula is C41H64F2N4O2. The number of anilines is 1. The number of halogens is 2. The first kappa shape index (κ1) is 40.4. The van der Waals surface area contributed by atoms with Gasteiger partial charge in [0.1, 0.15) is 5.69 Å². The zero-order valence-electron chi connectivity index (χ0n) is 31.4. The molecule has 0 radical (unpaired) electrons. The number of aromatic amines is 2. The lowest BCUT2D eigenvalue weighted by molar-refractivity contribution is -0.129. The Bertz CT molecular complexity index is 1380. The van der Waals surface area contributed by atoms with Crippen molar-refractivity contribution in [1.29, 1.82) is 0 Å². The van der Waals surface area contributed by atoms with Crippen LogP contribution in [0, 0.1) is 17.8 Å². The predicted octanol–water partition coefficient (Wildman–Crippen LogP) is 10.8. The van der Waals surface area contributed by atoms with Gasteiger partial charge in [-0.3, -0.25) is 4.79 Å². The fourth-order valence-corrected chi connectivity index (χ4v) is 6.24. The average molecular weight is 683 g/mol. The quantitative estimate of drug-likeness (QED) is 0.118. The first-order chi connectivity index (χ1) is 23.5. The van der Waals surface area contributed by atoms with Crippen LogP contribution in [0.1, 0.15) is 130 Å². The number of H-pyrrole nitrogens is 2. The van der Waals surface area contributed by atoms with E-state index in [1.54, 1.807) is 19.2 Å². The molecule has 2 aromatic rings. The molecule has 0 amide bonds. The number of morpholine rings is 1. The van der Waals surface area contributed by atoms with Crippen LogP contribution in [-0.4, -0.2) is 46.9 Å². The third-order valence-corrected chi connectivity index (χ3v) is 10.4. The topological polar surface area (TPSA) is 73.5 Å². The minimum Gasteiger partial charge on any atom is -0.371 e. The summed E-state index contributed by atoms with van der Waals surface area (Å²) in [6.07, 6.45) is 17.7. The summed E-state index contributed by atoms with van der Waals surface area (Å²) in [5.74, 6) is 0.912. The molecule has 274 valence electrons. The number of ether oxygens (including phenoxy) is 1. The average Bonchev–Trinajstić information content (AvgIpc) is 3.74. The number of nitrogens with one attached hydrogen (secondary N) is 2. The van der Waals surface area contributed by atoms with E-state index in [2.05, 4.69) is 53.3 Å². The number of unbranched alkanes of at least 4 members (excludes halogenated alkanes) is 3. The normalized spacial score (nSPS) is 19.6. The Hall–Kier alpha value is -3.00. The molecule has 1 spiro atoms. The van der Waals surface area contributed by atoms with Crippen LogP contribution in [0.25, 0.3) is 5.70 Å². The Labute approximate surface area is 294 Å². The zero-order valence-corrected chi connectivity index (χ0v) is 31.4. The molecule has 3 fully saturated rings. The van der Waals surface area contributed by atoms with Crippen LogP contribution < -0.4 is 10.5 Å². The number of pyridine rings is 1. The van der Waals surface area contributed by atoms with Crippen molar-refractivity contribution in [3.63, 3.8) is 0 Å². The van der Waals surface area contributed by atoms with Crippen LogP contribution in [0.4, 0.5) is 14.5 Å². The van der Waals surface area contributed by atoms with Gasteiger partial charge in [0, 0.05) is 18.9 Å². The fourth-order valence-electron chi connectivity index (χ4n) is 6.24. The molecule has 2 aromatic heterocycles. The highest BCUT2D eigenvalue weighted by Gasteiger charge is 2.48. The van der Waals surface area contributed by atoms with E-state index in [0.29, 0.717) is 12.1 Å². The van der Waals surface area contributed by atoms with E-state index in [1.165, 1.54) is 56.9 Å². The van der Waals surface area contributed by atoms with Crippen molar-refractivity contribution in [2.75, 3.05) is 18.1 Å². The molecule has 2 saturated carbocycles. The number of hydrogen-bond acceptors (Lipinski definition) is 4. The number of aromatic nitrogens is 2. The van der Waals surface area contributed by atoms with Crippen molar-refractivity contribution in [3.05, 3.63) is 70.4 Å². The van der Waals surface area contributed by atoms with Gasteiger partial charge in [-0.2, -0.15) is 0 Å². The molecule has 6 nitrogen and oxygen atoms in total. The highest BCUT2D eigenvalue weighted by Crippen LogP contribution is 2.43. The number of alkyl halides is 2. The number of aliphatic imine (C=N–C) groups is 1. The second-order valence-corrected chi connectivity index (χ2v) is 14.5. The summed E-state index contributed by atoms with van der Waals surface area (Å²) in [5.41, 5.74) is 4.16. The van der Waals surface area contributed by atoms with Gasteiger partial charge in [0.05, 0.1) is 35.4 Å². The number of nitrogens with zero attached hydrogens (tertiary/aromatic N) is 2. The number of aryl methyl sites for hydroxylation is 1. The largest absolute Gasteiger partial charge is 0.371 e. The molecule has 1 saturated heterocycles. The molecule has 1 aliphatic heterocycles. The van der Waals surface area contributed by atoms with Crippen molar-refractivity contribution < 1.29 is 13.5 Å². The summed E-state index contributed by atoms with van der Waals surface area (Å²) in [5, 5.41) is 0. The SMILES string of the molecule is C=C(/C=C(\N=C(C(F)F)C(C)CC)c1ccc[nH]1)C(C)C.CC1N(c2cc(CCC3CC3)c[nH]c2=O)CCOC12CCC2.CCCCCC. The molecule has 3 heterocycles. The van der Waals surface area contributed by atoms with Gasteiger partial charge in [-0.25, -0.2) is 13.8 Å². The van der Waals surface area contributed by atoms with Crippen LogP contribution >= 0.6 is 0 Å². The molecule has 0 aromatic carbocycles. The Morgan fingerprint density at radius 2 is 1.84 bits per heavy atom. The van der Waals surface area contributed by atoms with Crippen LogP contribution in [0.5, 0.6) is 0 Å². The smallest absolute Gasteiger partial charge is 0.276 e. The van der Waals surface area contributed by atoms with E-state index in [1.807, 2.05) is 39.1 Å². The molecule has 3 aliphatic rings. The highest BCUT2D eigenvalue weighted by molar-refractivity contribution is 5.93. The molecule has 8 heteroatoms. The summed E-state index contributed by atoms with van der Waals surface area (Å²) >= 11 is 0. The van der Waals surface area contributed by atoms with E-state index in [4.69, 9.17) is 4.74 Å². The predicted molar refractivity (Wildman–Crippen MR) is 203 cm³/mol. The minimum absolute atomic E-state index is 0.00525. The summed E-state index contributed by atoms with van der Waals surface area (Å²) in [4.78, 5) is 24.8. The molecule has 2 atom stereocenters. The lowest BCUT2D eigenvalue weighted by Crippen LogP contribution is -2.62. The summed E-state index contributed by atoms with van der Waals surface area (Å²) in [7, 11) is 0. The monoisotopic (exact) mass is 682 g/mol. The van der Waals surface area contributed by atoms with Gasteiger partial charge < -0.3 is 19.6 Å². The highest BCUT2D eigenvalue weighted by atomic mass is 19.3. The maximum absolute atomic E-state index is 13.2. The Balaban J connectivity index is 0.000000229. The van der Waals surface area contributed by atoms with Gasteiger partial charge in [-0.15, -0.1) is 0 Å². The van der Waals surface area contributed by atoms with Crippen molar-refractivity contribution in [1.82, 2.24) is 9.97 Å². The first-order valence-electron chi connectivity index (χ1n) is 19.0. The summed E-state index contributed by atoms with van der Waals surface area (Å²) in [6.45, 7) is 19.9. The Morgan fingerprint density at radius 1 is 1.14 bits per heavy atom. The van der Waals surface area contributed by atoms with Crippen molar-refractivity contribution >= 4 is 17.1 Å². The second-order valence-electron chi connectivity index (χ2n) is 14.5. The van der Waals surface area contributed by atoms with Gasteiger partial charge in [0.15, 0.2) is 0 Å². The van der Waals surface area contributed by atoms with Gasteiger partial charge in [0.2, 0.25) is 0 Å². The molecule has 2 unspecified atom stereocenters.